The van der Waals surface area contributed by atoms with Gasteiger partial charge in [0, 0.05) is 23.2 Å². The molecule has 5 heteroatoms. The van der Waals surface area contributed by atoms with Gasteiger partial charge in [0.05, 0.1) is 4.92 Å². The fraction of sp³-hybridized carbons (Fsp3) is 0.625. The highest BCUT2D eigenvalue weighted by atomic mass is 35.5. The van der Waals surface area contributed by atoms with Crippen LogP contribution in [0.5, 0.6) is 0 Å². The van der Waals surface area contributed by atoms with Gasteiger partial charge >= 0.3 is 0 Å². The van der Waals surface area contributed by atoms with Crippen molar-refractivity contribution in [1.29, 1.82) is 0 Å². The minimum atomic E-state index is -0.362. The molecule has 0 atom stereocenters. The van der Waals surface area contributed by atoms with Crippen molar-refractivity contribution in [3.8, 4) is 0 Å². The van der Waals surface area contributed by atoms with Gasteiger partial charge in [-0.15, -0.1) is 0 Å². The van der Waals surface area contributed by atoms with Crippen molar-refractivity contribution in [2.75, 3.05) is 6.54 Å². The predicted molar refractivity (Wildman–Crippen MR) is 87.7 cm³/mol. The Kier molecular flexibility index (Phi) is 8.31. The van der Waals surface area contributed by atoms with Crippen LogP contribution in [-0.4, -0.2) is 11.5 Å². The minimum Gasteiger partial charge on any atom is -0.312 e. The zero-order valence-electron chi connectivity index (χ0n) is 12.9. The zero-order valence-corrected chi connectivity index (χ0v) is 13.7. The predicted octanol–water partition coefficient (Wildman–Crippen LogP) is 4.94. The summed E-state index contributed by atoms with van der Waals surface area (Å²) < 4.78 is 0. The lowest BCUT2D eigenvalue weighted by molar-refractivity contribution is -0.385. The summed E-state index contributed by atoms with van der Waals surface area (Å²) in [5.74, 6) is 0.784. The number of halogens is 1. The fourth-order valence-corrected chi connectivity index (χ4v) is 2.45. The van der Waals surface area contributed by atoms with Gasteiger partial charge in [0.15, 0.2) is 0 Å². The molecule has 0 aliphatic carbocycles. The Labute approximate surface area is 132 Å². The van der Waals surface area contributed by atoms with E-state index in [0.29, 0.717) is 17.1 Å². The first kappa shape index (κ1) is 17.9. The van der Waals surface area contributed by atoms with Crippen LogP contribution in [0.3, 0.4) is 0 Å². The molecule has 0 aliphatic heterocycles. The number of benzene rings is 1. The summed E-state index contributed by atoms with van der Waals surface area (Å²) in [6, 6.07) is 4.68. The van der Waals surface area contributed by atoms with Gasteiger partial charge < -0.3 is 5.32 Å². The Morgan fingerprint density at radius 3 is 2.62 bits per heavy atom. The Morgan fingerprint density at radius 1 is 1.24 bits per heavy atom. The van der Waals surface area contributed by atoms with Gasteiger partial charge in [-0.1, -0.05) is 51.1 Å². The Bertz CT molecular complexity index is 450. The molecule has 0 aliphatic rings. The van der Waals surface area contributed by atoms with Gasteiger partial charge in [0.1, 0.15) is 0 Å². The Balaban J connectivity index is 2.24. The van der Waals surface area contributed by atoms with Crippen LogP contribution in [0.25, 0.3) is 0 Å². The second-order valence-electron chi connectivity index (χ2n) is 5.80. The van der Waals surface area contributed by atoms with Crippen LogP contribution >= 0.6 is 11.6 Å². The third-order valence-corrected chi connectivity index (χ3v) is 3.67. The molecule has 0 bridgehead atoms. The number of hydrogen-bond donors (Lipinski definition) is 1. The Hall–Kier alpha value is -1.13. The summed E-state index contributed by atoms with van der Waals surface area (Å²) in [6.07, 6.45) is 6.15. The summed E-state index contributed by atoms with van der Waals surface area (Å²) in [4.78, 5) is 10.6. The molecular formula is C16H25ClN2O2. The van der Waals surface area contributed by atoms with Gasteiger partial charge in [-0.25, -0.2) is 0 Å². The van der Waals surface area contributed by atoms with E-state index in [-0.39, 0.29) is 10.6 Å². The summed E-state index contributed by atoms with van der Waals surface area (Å²) in [5.41, 5.74) is 0.774. The molecule has 0 radical (unpaired) electrons. The van der Waals surface area contributed by atoms with Gasteiger partial charge in [-0.3, -0.25) is 10.1 Å². The van der Waals surface area contributed by atoms with E-state index in [0.717, 1.165) is 18.9 Å². The molecule has 0 fully saturated rings. The van der Waals surface area contributed by atoms with Crippen molar-refractivity contribution >= 4 is 17.3 Å². The fourth-order valence-electron chi connectivity index (χ4n) is 2.25. The number of nitro groups is 1. The minimum absolute atomic E-state index is 0.129. The SMILES string of the molecule is CC(C)CCCCCCNCc1cc(Cl)ccc1[N+](=O)[O-]. The normalized spacial score (nSPS) is 11.0. The van der Waals surface area contributed by atoms with Gasteiger partial charge in [-0.05, 0) is 31.0 Å². The maximum absolute atomic E-state index is 10.9. The first-order valence-corrected chi connectivity index (χ1v) is 8.02. The summed E-state index contributed by atoms with van der Waals surface area (Å²) in [5, 5.41) is 14.7. The molecule has 4 nitrogen and oxygen atoms in total. The van der Waals surface area contributed by atoms with Crippen LogP contribution in [0.2, 0.25) is 5.02 Å². The smallest absolute Gasteiger partial charge is 0.273 e. The van der Waals surface area contributed by atoms with Crippen molar-refractivity contribution in [3.05, 3.63) is 38.9 Å². The van der Waals surface area contributed by atoms with Gasteiger partial charge in [0.2, 0.25) is 0 Å². The molecule has 0 unspecified atom stereocenters. The highest BCUT2D eigenvalue weighted by Gasteiger charge is 2.13. The van der Waals surface area contributed by atoms with Crippen LogP contribution in [0.1, 0.15) is 51.5 Å². The molecule has 0 saturated carbocycles. The average Bonchev–Trinajstić information content (AvgIpc) is 2.41. The maximum atomic E-state index is 10.9. The van der Waals surface area contributed by atoms with Crippen LogP contribution in [0.15, 0.2) is 18.2 Å². The molecule has 118 valence electrons. The summed E-state index contributed by atoms with van der Waals surface area (Å²) >= 11 is 5.89. The van der Waals surface area contributed by atoms with Crippen molar-refractivity contribution in [1.82, 2.24) is 5.32 Å². The lowest BCUT2D eigenvalue weighted by atomic mass is 10.0. The van der Waals surface area contributed by atoms with Crippen molar-refractivity contribution < 1.29 is 4.92 Å². The molecule has 0 amide bonds. The largest absolute Gasteiger partial charge is 0.312 e. The van der Waals surface area contributed by atoms with E-state index in [1.54, 1.807) is 12.1 Å². The molecule has 1 rings (SSSR count). The number of nitro benzene ring substituents is 1. The van der Waals surface area contributed by atoms with E-state index in [1.165, 1.54) is 31.7 Å². The molecule has 0 spiro atoms. The molecule has 0 saturated heterocycles. The van der Waals surface area contributed by atoms with Crippen molar-refractivity contribution in [2.24, 2.45) is 5.92 Å². The van der Waals surface area contributed by atoms with E-state index in [9.17, 15) is 10.1 Å². The van der Waals surface area contributed by atoms with Crippen molar-refractivity contribution in [2.45, 2.75) is 52.5 Å². The van der Waals surface area contributed by atoms with Crippen LogP contribution in [-0.2, 0) is 6.54 Å². The van der Waals surface area contributed by atoms with Crippen molar-refractivity contribution in [3.63, 3.8) is 0 Å². The van der Waals surface area contributed by atoms with Gasteiger partial charge in [-0.2, -0.15) is 0 Å². The summed E-state index contributed by atoms with van der Waals surface area (Å²) in [6.45, 7) is 5.87. The molecule has 0 aromatic heterocycles. The number of nitrogens with one attached hydrogen (secondary N) is 1. The molecule has 21 heavy (non-hydrogen) atoms. The number of unbranched alkanes of at least 4 members (excludes halogenated alkanes) is 3. The first-order chi connectivity index (χ1) is 10.0. The lowest BCUT2D eigenvalue weighted by Gasteiger charge is -2.07. The second kappa shape index (κ2) is 9.74. The lowest BCUT2D eigenvalue weighted by Crippen LogP contribution is -2.15. The quantitative estimate of drug-likeness (QED) is 0.378. The van der Waals surface area contributed by atoms with E-state index >= 15 is 0 Å². The molecular weight excluding hydrogens is 288 g/mol. The van der Waals surface area contributed by atoms with E-state index in [1.807, 2.05) is 0 Å². The Morgan fingerprint density at radius 2 is 1.95 bits per heavy atom. The number of hydrogen-bond acceptors (Lipinski definition) is 3. The number of nitrogens with zero attached hydrogens (tertiary/aromatic N) is 1. The van der Waals surface area contributed by atoms with Crippen LogP contribution < -0.4 is 5.32 Å². The molecule has 0 heterocycles. The second-order valence-corrected chi connectivity index (χ2v) is 6.24. The molecule has 1 aromatic carbocycles. The molecule has 1 aromatic rings. The summed E-state index contributed by atoms with van der Waals surface area (Å²) in [7, 11) is 0. The molecule has 1 N–H and O–H groups in total. The third-order valence-electron chi connectivity index (χ3n) is 3.44. The van der Waals surface area contributed by atoms with Crippen LogP contribution in [0.4, 0.5) is 5.69 Å². The third kappa shape index (κ3) is 7.44. The van der Waals surface area contributed by atoms with E-state index < -0.39 is 0 Å². The van der Waals surface area contributed by atoms with E-state index in [2.05, 4.69) is 19.2 Å². The van der Waals surface area contributed by atoms with E-state index in [4.69, 9.17) is 11.6 Å². The average molecular weight is 313 g/mol. The maximum Gasteiger partial charge on any atom is 0.273 e. The zero-order chi connectivity index (χ0) is 15.7. The highest BCUT2D eigenvalue weighted by Crippen LogP contribution is 2.22. The monoisotopic (exact) mass is 312 g/mol. The van der Waals surface area contributed by atoms with Crippen LogP contribution in [0, 0.1) is 16.0 Å². The van der Waals surface area contributed by atoms with Gasteiger partial charge in [0.25, 0.3) is 5.69 Å². The topological polar surface area (TPSA) is 55.2 Å². The standard InChI is InChI=1S/C16H25ClN2O2/c1-13(2)7-5-3-4-6-10-18-12-14-11-15(17)8-9-16(14)19(20)21/h8-9,11,13,18H,3-7,10,12H2,1-2H3. The number of rotatable bonds is 10. The first-order valence-electron chi connectivity index (χ1n) is 7.64. The highest BCUT2D eigenvalue weighted by molar-refractivity contribution is 6.30.